The van der Waals surface area contributed by atoms with Crippen LogP contribution >= 0.6 is 46.2 Å². The summed E-state index contributed by atoms with van der Waals surface area (Å²) in [5, 5.41) is 6.09. The van der Waals surface area contributed by atoms with Crippen LogP contribution in [0.1, 0.15) is 20.5 Å². The molecule has 3 aromatic rings. The van der Waals surface area contributed by atoms with Gasteiger partial charge in [0.05, 0.1) is 28.5 Å². The van der Waals surface area contributed by atoms with Gasteiger partial charge in [-0.15, -0.1) is 34.0 Å². The summed E-state index contributed by atoms with van der Waals surface area (Å²) in [6.45, 7) is 4.49. The first kappa shape index (κ1) is 16.5. The molecule has 2 N–H and O–H groups in total. The molecule has 0 fully saturated rings. The zero-order valence-corrected chi connectivity index (χ0v) is 15.9. The lowest BCUT2D eigenvalue weighted by Gasteiger charge is -2.02. The molecular weight excluding hydrogens is 366 g/mol. The number of aryl methyl sites for hydroxylation is 2. The maximum absolute atomic E-state index is 12.1. The fraction of sp³-hybridized carbons (Fsp3) is 0.267. The Bertz CT molecular complexity index is 887. The first-order chi connectivity index (χ1) is 11.0. The zero-order valence-electron chi connectivity index (χ0n) is 12.6. The number of aromatic amines is 1. The summed E-state index contributed by atoms with van der Waals surface area (Å²) in [5.41, 5.74) is 1.99. The molecular formula is C15H15N3OS4. The van der Waals surface area contributed by atoms with Gasteiger partial charge in [0.25, 0.3) is 0 Å². The lowest BCUT2D eigenvalue weighted by molar-refractivity contribution is -0.120. The number of H-pyrrole nitrogens is 1. The number of nitrogens with zero attached hydrogens (tertiary/aromatic N) is 1. The van der Waals surface area contributed by atoms with Crippen LogP contribution in [0.4, 0.5) is 0 Å². The second-order valence-electron chi connectivity index (χ2n) is 5.03. The first-order valence-electron chi connectivity index (χ1n) is 6.98. The van der Waals surface area contributed by atoms with E-state index in [1.165, 1.54) is 11.3 Å². The van der Waals surface area contributed by atoms with Crippen molar-refractivity contribution in [2.45, 2.75) is 26.8 Å². The number of carbonyl (C=O) groups is 1. The van der Waals surface area contributed by atoms with Gasteiger partial charge in [-0.05, 0) is 38.2 Å². The molecule has 4 nitrogen and oxygen atoms in total. The number of carbonyl (C=O) groups excluding carboxylic acids is 1. The van der Waals surface area contributed by atoms with Crippen molar-refractivity contribution >= 4 is 52.1 Å². The highest BCUT2D eigenvalue weighted by Gasteiger charge is 2.10. The Hall–Kier alpha value is -1.35. The van der Waals surface area contributed by atoms with Crippen molar-refractivity contribution in [3.63, 3.8) is 0 Å². The van der Waals surface area contributed by atoms with Gasteiger partial charge in [-0.2, -0.15) is 0 Å². The summed E-state index contributed by atoms with van der Waals surface area (Å²) in [7, 11) is 0. The molecule has 8 heteroatoms. The molecule has 0 aromatic carbocycles. The Balaban J connectivity index is 1.58. The van der Waals surface area contributed by atoms with Crippen LogP contribution in [0.25, 0.3) is 10.6 Å². The Morgan fingerprint density at radius 3 is 2.83 bits per heavy atom. The molecule has 3 heterocycles. The van der Waals surface area contributed by atoms with Gasteiger partial charge >= 0.3 is 0 Å². The van der Waals surface area contributed by atoms with Crippen molar-refractivity contribution in [2.24, 2.45) is 0 Å². The molecule has 0 bridgehead atoms. The summed E-state index contributed by atoms with van der Waals surface area (Å²) in [5.74, 6) is 0.0119. The van der Waals surface area contributed by atoms with E-state index >= 15 is 0 Å². The van der Waals surface area contributed by atoms with Crippen LogP contribution in [0.15, 0.2) is 17.5 Å². The molecule has 1 amide bonds. The third-order valence-electron chi connectivity index (χ3n) is 3.24. The predicted molar refractivity (Wildman–Crippen MR) is 100.0 cm³/mol. The Morgan fingerprint density at radius 2 is 2.17 bits per heavy atom. The summed E-state index contributed by atoms with van der Waals surface area (Å²) >= 11 is 9.87. The molecule has 0 radical (unpaired) electrons. The van der Waals surface area contributed by atoms with Crippen molar-refractivity contribution in [1.82, 2.24) is 15.3 Å². The van der Waals surface area contributed by atoms with Gasteiger partial charge in [-0.25, -0.2) is 4.98 Å². The number of amides is 1. The zero-order chi connectivity index (χ0) is 16.4. The number of hydrogen-bond acceptors (Lipinski definition) is 6. The maximum atomic E-state index is 12.1. The largest absolute Gasteiger partial charge is 0.351 e. The standard InChI is InChI=1S/C15H15N3OS4/c1-8-13(23-15(20)17-8)5-14(19)16-6-10-3-4-12(22-10)11-7-21-9(2)18-11/h3-4,7H,5-6H2,1-2H3,(H,16,19)(H,17,20). The van der Waals surface area contributed by atoms with Gasteiger partial charge in [0, 0.05) is 20.8 Å². The van der Waals surface area contributed by atoms with Crippen LogP contribution in [0.3, 0.4) is 0 Å². The normalized spacial score (nSPS) is 10.9. The summed E-state index contributed by atoms with van der Waals surface area (Å²) in [4.78, 5) is 22.9. The van der Waals surface area contributed by atoms with Gasteiger partial charge < -0.3 is 10.3 Å². The maximum Gasteiger partial charge on any atom is 0.225 e. The quantitative estimate of drug-likeness (QED) is 0.641. The van der Waals surface area contributed by atoms with Crippen molar-refractivity contribution in [3.05, 3.63) is 41.9 Å². The third-order valence-corrected chi connectivity index (χ3v) is 6.46. The summed E-state index contributed by atoms with van der Waals surface area (Å²) in [6, 6.07) is 4.10. The first-order valence-corrected chi connectivity index (χ1v) is 9.90. The molecule has 3 aromatic heterocycles. The van der Waals surface area contributed by atoms with E-state index in [2.05, 4.69) is 26.7 Å². The van der Waals surface area contributed by atoms with E-state index in [1.54, 1.807) is 22.7 Å². The minimum atomic E-state index is 0.0119. The van der Waals surface area contributed by atoms with E-state index in [9.17, 15) is 4.79 Å². The molecule has 0 saturated carbocycles. The van der Waals surface area contributed by atoms with Crippen LogP contribution < -0.4 is 5.32 Å². The fourth-order valence-electron chi connectivity index (χ4n) is 2.09. The molecule has 0 aliphatic carbocycles. The van der Waals surface area contributed by atoms with Gasteiger partial charge in [0.1, 0.15) is 0 Å². The fourth-order valence-corrected chi connectivity index (χ4v) is 4.97. The molecule has 0 unspecified atom stereocenters. The number of thiazole rings is 2. The third kappa shape index (κ3) is 4.14. The summed E-state index contributed by atoms with van der Waals surface area (Å²) < 4.78 is 0.715. The van der Waals surface area contributed by atoms with E-state index in [1.807, 2.05) is 19.9 Å². The van der Waals surface area contributed by atoms with E-state index < -0.39 is 0 Å². The van der Waals surface area contributed by atoms with E-state index in [0.717, 1.165) is 31.0 Å². The van der Waals surface area contributed by atoms with E-state index in [-0.39, 0.29) is 5.91 Å². The molecule has 120 valence electrons. The van der Waals surface area contributed by atoms with Crippen LogP contribution in [-0.2, 0) is 17.8 Å². The van der Waals surface area contributed by atoms with Crippen molar-refractivity contribution in [3.8, 4) is 10.6 Å². The van der Waals surface area contributed by atoms with Crippen molar-refractivity contribution in [1.29, 1.82) is 0 Å². The van der Waals surface area contributed by atoms with Crippen molar-refractivity contribution in [2.75, 3.05) is 0 Å². The number of rotatable bonds is 5. The van der Waals surface area contributed by atoms with E-state index in [4.69, 9.17) is 12.2 Å². The highest BCUT2D eigenvalue weighted by molar-refractivity contribution is 7.73. The SMILES string of the molecule is Cc1nc(-c2ccc(CNC(=O)Cc3sc(=S)[nH]c3C)s2)cs1. The molecule has 0 spiro atoms. The number of hydrogen-bond donors (Lipinski definition) is 2. The van der Waals surface area contributed by atoms with Crippen LogP contribution in [0.5, 0.6) is 0 Å². The second-order valence-corrected chi connectivity index (χ2v) is 9.04. The topological polar surface area (TPSA) is 57.8 Å². The van der Waals surface area contributed by atoms with Crippen LogP contribution in [-0.4, -0.2) is 15.9 Å². The van der Waals surface area contributed by atoms with E-state index in [0.29, 0.717) is 16.9 Å². The van der Waals surface area contributed by atoms with Gasteiger partial charge in [0.15, 0.2) is 3.95 Å². The van der Waals surface area contributed by atoms with Crippen LogP contribution in [0, 0.1) is 17.8 Å². The van der Waals surface area contributed by atoms with Crippen LogP contribution in [0.2, 0.25) is 0 Å². The molecule has 0 atom stereocenters. The predicted octanol–water partition coefficient (Wildman–Crippen LogP) is 4.47. The average Bonchev–Trinajstić information content (AvgIpc) is 3.18. The highest BCUT2D eigenvalue weighted by atomic mass is 32.1. The molecule has 0 aliphatic heterocycles. The van der Waals surface area contributed by atoms with Gasteiger partial charge in [0.2, 0.25) is 5.91 Å². The Labute approximate surface area is 151 Å². The summed E-state index contributed by atoms with van der Waals surface area (Å²) in [6.07, 6.45) is 0.368. The molecule has 0 aliphatic rings. The Kier molecular flexibility index (Phi) is 5.05. The van der Waals surface area contributed by atoms with Gasteiger partial charge in [-0.1, -0.05) is 0 Å². The lowest BCUT2D eigenvalue weighted by atomic mass is 10.3. The number of aromatic nitrogens is 2. The minimum Gasteiger partial charge on any atom is -0.351 e. The number of thiophene rings is 1. The second kappa shape index (κ2) is 7.04. The smallest absolute Gasteiger partial charge is 0.225 e. The monoisotopic (exact) mass is 381 g/mol. The molecule has 23 heavy (non-hydrogen) atoms. The number of nitrogens with one attached hydrogen (secondary N) is 2. The Morgan fingerprint density at radius 1 is 1.35 bits per heavy atom. The van der Waals surface area contributed by atoms with Gasteiger partial charge in [-0.3, -0.25) is 4.79 Å². The van der Waals surface area contributed by atoms with Crippen molar-refractivity contribution < 1.29 is 4.79 Å². The highest BCUT2D eigenvalue weighted by Crippen LogP contribution is 2.28. The molecule has 0 saturated heterocycles. The lowest BCUT2D eigenvalue weighted by Crippen LogP contribution is -2.24. The molecule has 3 rings (SSSR count). The average molecular weight is 382 g/mol. The minimum absolute atomic E-state index is 0.0119.